The fourth-order valence-corrected chi connectivity index (χ4v) is 1.85. The highest BCUT2D eigenvalue weighted by Gasteiger charge is 2.23. The van der Waals surface area contributed by atoms with E-state index in [9.17, 15) is 10.1 Å². The minimum absolute atomic E-state index is 0.0608. The molecule has 0 amide bonds. The summed E-state index contributed by atoms with van der Waals surface area (Å²) in [5.74, 6) is 0. The van der Waals surface area contributed by atoms with Gasteiger partial charge >= 0.3 is 0 Å². The molecule has 0 aromatic heterocycles. The third-order valence-electron chi connectivity index (χ3n) is 2.93. The summed E-state index contributed by atoms with van der Waals surface area (Å²) in [6.45, 7) is 5.08. The second-order valence-electron chi connectivity index (χ2n) is 5.30. The van der Waals surface area contributed by atoms with E-state index in [1.807, 2.05) is 19.9 Å². The summed E-state index contributed by atoms with van der Waals surface area (Å²) in [7, 11) is 1.78. The van der Waals surface area contributed by atoms with E-state index in [0.717, 1.165) is 0 Å². The summed E-state index contributed by atoms with van der Waals surface area (Å²) in [5.41, 5.74) is 6.24. The molecule has 0 radical (unpaired) electrons. The van der Waals surface area contributed by atoms with Crippen LogP contribution in [-0.4, -0.2) is 25.1 Å². The third-order valence-corrected chi connectivity index (χ3v) is 2.93. The van der Waals surface area contributed by atoms with Gasteiger partial charge < -0.3 is 10.6 Å². The lowest BCUT2D eigenvalue weighted by Gasteiger charge is -2.30. The molecular weight excluding hydrogens is 244 g/mol. The van der Waals surface area contributed by atoms with Gasteiger partial charge in [0.25, 0.3) is 5.69 Å². The second kappa shape index (κ2) is 5.67. The first-order valence-corrected chi connectivity index (χ1v) is 5.90. The quantitative estimate of drug-likeness (QED) is 0.645. The normalized spacial score (nSPS) is 10.9. The summed E-state index contributed by atoms with van der Waals surface area (Å²) < 4.78 is 0. The maximum Gasteiger partial charge on any atom is 0.293 e. The van der Waals surface area contributed by atoms with Crippen molar-refractivity contribution in [3.63, 3.8) is 0 Å². The topological polar surface area (TPSA) is 96.2 Å². The lowest BCUT2D eigenvalue weighted by molar-refractivity contribution is -0.384. The Hall–Kier alpha value is -2.13. The van der Waals surface area contributed by atoms with Crippen LogP contribution in [0.5, 0.6) is 0 Å². The van der Waals surface area contributed by atoms with E-state index in [0.29, 0.717) is 18.8 Å². The van der Waals surface area contributed by atoms with Crippen LogP contribution in [0.3, 0.4) is 0 Å². The van der Waals surface area contributed by atoms with Crippen molar-refractivity contribution in [3.8, 4) is 6.07 Å². The molecule has 0 saturated carbocycles. The van der Waals surface area contributed by atoms with Gasteiger partial charge in [-0.3, -0.25) is 10.1 Å². The number of nitro groups is 1. The van der Waals surface area contributed by atoms with Crippen molar-refractivity contribution in [2.45, 2.75) is 13.8 Å². The molecule has 0 aliphatic rings. The van der Waals surface area contributed by atoms with Crippen LogP contribution in [0, 0.1) is 26.9 Å². The highest BCUT2D eigenvalue weighted by atomic mass is 16.6. The van der Waals surface area contributed by atoms with E-state index in [2.05, 4.69) is 0 Å². The molecule has 0 saturated heterocycles. The van der Waals surface area contributed by atoms with Crippen LogP contribution in [0.15, 0.2) is 18.2 Å². The average Bonchev–Trinajstić information content (AvgIpc) is 2.37. The third kappa shape index (κ3) is 3.66. The van der Waals surface area contributed by atoms with Gasteiger partial charge in [0, 0.05) is 19.7 Å². The lowest BCUT2D eigenvalue weighted by Crippen LogP contribution is -2.37. The molecule has 0 spiro atoms. The summed E-state index contributed by atoms with van der Waals surface area (Å²) >= 11 is 0. The number of nitriles is 1. The van der Waals surface area contributed by atoms with Gasteiger partial charge in [-0.15, -0.1) is 0 Å². The number of nitrogens with zero attached hydrogens (tertiary/aromatic N) is 3. The van der Waals surface area contributed by atoms with Crippen molar-refractivity contribution < 1.29 is 4.92 Å². The number of benzene rings is 1. The second-order valence-corrected chi connectivity index (χ2v) is 5.30. The van der Waals surface area contributed by atoms with Crippen molar-refractivity contribution in [2.24, 2.45) is 11.1 Å². The van der Waals surface area contributed by atoms with Crippen LogP contribution in [0.25, 0.3) is 0 Å². The number of nitro benzene ring substituents is 1. The SMILES string of the molecule is CN(CC(C)(C)CN)c1ccc(C#N)cc1[N+](=O)[O-]. The Bertz CT molecular complexity index is 520. The van der Waals surface area contributed by atoms with Crippen LogP contribution in [0.4, 0.5) is 11.4 Å². The molecule has 19 heavy (non-hydrogen) atoms. The first-order chi connectivity index (χ1) is 8.80. The Balaban J connectivity index is 3.13. The Labute approximate surface area is 112 Å². The van der Waals surface area contributed by atoms with E-state index in [-0.39, 0.29) is 16.7 Å². The minimum Gasteiger partial charge on any atom is -0.368 e. The first kappa shape index (κ1) is 14.9. The minimum atomic E-state index is -0.470. The smallest absolute Gasteiger partial charge is 0.293 e. The highest BCUT2D eigenvalue weighted by molar-refractivity contribution is 5.65. The van der Waals surface area contributed by atoms with E-state index in [4.69, 9.17) is 11.0 Å². The standard InChI is InChI=1S/C13H18N4O2/c1-13(2,8-15)9-16(3)11-5-4-10(7-14)6-12(11)17(18)19/h4-6H,8-9,15H2,1-3H3. The van der Waals surface area contributed by atoms with Crippen molar-refractivity contribution in [2.75, 3.05) is 25.0 Å². The molecule has 0 unspecified atom stereocenters. The lowest BCUT2D eigenvalue weighted by atomic mass is 9.93. The van der Waals surface area contributed by atoms with Gasteiger partial charge in [-0.1, -0.05) is 13.8 Å². The molecule has 1 aromatic carbocycles. The molecule has 0 atom stereocenters. The van der Waals surface area contributed by atoms with Gasteiger partial charge in [0.2, 0.25) is 0 Å². The van der Waals surface area contributed by atoms with Crippen LogP contribution in [0.2, 0.25) is 0 Å². The predicted octanol–water partition coefficient (Wildman–Crippen LogP) is 1.89. The molecule has 0 aliphatic carbocycles. The fourth-order valence-electron chi connectivity index (χ4n) is 1.85. The van der Waals surface area contributed by atoms with Gasteiger partial charge in [0.05, 0.1) is 16.6 Å². The van der Waals surface area contributed by atoms with Crippen LogP contribution < -0.4 is 10.6 Å². The number of hydrogen-bond donors (Lipinski definition) is 1. The summed E-state index contributed by atoms with van der Waals surface area (Å²) in [6.07, 6.45) is 0. The van der Waals surface area contributed by atoms with E-state index >= 15 is 0 Å². The molecule has 0 fully saturated rings. The van der Waals surface area contributed by atoms with Crippen molar-refractivity contribution >= 4 is 11.4 Å². The summed E-state index contributed by atoms with van der Waals surface area (Å²) in [6, 6.07) is 6.38. The zero-order valence-electron chi connectivity index (χ0n) is 11.4. The highest BCUT2D eigenvalue weighted by Crippen LogP contribution is 2.30. The van der Waals surface area contributed by atoms with Crippen LogP contribution in [0.1, 0.15) is 19.4 Å². The Kier molecular flexibility index (Phi) is 4.46. The Morgan fingerprint density at radius 1 is 1.53 bits per heavy atom. The Morgan fingerprint density at radius 2 is 2.16 bits per heavy atom. The molecule has 1 aromatic rings. The molecular formula is C13H18N4O2. The molecule has 0 bridgehead atoms. The van der Waals surface area contributed by atoms with Gasteiger partial charge in [0.15, 0.2) is 0 Å². The molecule has 1 rings (SSSR count). The Morgan fingerprint density at radius 3 is 2.63 bits per heavy atom. The molecule has 102 valence electrons. The van der Waals surface area contributed by atoms with Crippen LogP contribution in [-0.2, 0) is 0 Å². The number of rotatable bonds is 5. The fraction of sp³-hybridized carbons (Fsp3) is 0.462. The summed E-state index contributed by atoms with van der Waals surface area (Å²) in [5, 5.41) is 19.9. The van der Waals surface area contributed by atoms with E-state index < -0.39 is 4.92 Å². The molecule has 6 heteroatoms. The monoisotopic (exact) mass is 262 g/mol. The largest absolute Gasteiger partial charge is 0.368 e. The summed E-state index contributed by atoms with van der Waals surface area (Å²) in [4.78, 5) is 12.4. The number of anilines is 1. The average molecular weight is 262 g/mol. The first-order valence-electron chi connectivity index (χ1n) is 5.90. The molecule has 0 aliphatic heterocycles. The number of nitrogens with two attached hydrogens (primary N) is 1. The van der Waals surface area contributed by atoms with Gasteiger partial charge in [0.1, 0.15) is 5.69 Å². The molecule has 2 N–H and O–H groups in total. The van der Waals surface area contributed by atoms with Crippen molar-refractivity contribution in [3.05, 3.63) is 33.9 Å². The maximum atomic E-state index is 11.1. The molecule has 0 heterocycles. The van der Waals surface area contributed by atoms with E-state index in [1.54, 1.807) is 24.1 Å². The zero-order valence-corrected chi connectivity index (χ0v) is 11.4. The van der Waals surface area contributed by atoms with Gasteiger partial charge in [-0.25, -0.2) is 0 Å². The van der Waals surface area contributed by atoms with Crippen LogP contribution >= 0.6 is 0 Å². The van der Waals surface area contributed by atoms with Gasteiger partial charge in [-0.2, -0.15) is 5.26 Å². The van der Waals surface area contributed by atoms with Gasteiger partial charge in [-0.05, 0) is 24.1 Å². The van der Waals surface area contributed by atoms with Crippen molar-refractivity contribution in [1.82, 2.24) is 0 Å². The van der Waals surface area contributed by atoms with Crippen molar-refractivity contribution in [1.29, 1.82) is 5.26 Å². The maximum absolute atomic E-state index is 11.1. The predicted molar refractivity (Wildman–Crippen MR) is 73.9 cm³/mol. The number of hydrogen-bond acceptors (Lipinski definition) is 5. The molecule has 6 nitrogen and oxygen atoms in total. The zero-order chi connectivity index (χ0) is 14.6. The van der Waals surface area contributed by atoms with E-state index in [1.165, 1.54) is 6.07 Å².